The molecule has 0 saturated heterocycles. The van der Waals surface area contributed by atoms with Crippen LogP contribution in [0.15, 0.2) is 58.5 Å². The first kappa shape index (κ1) is 52.1. The Bertz CT molecular complexity index is 1530. The Morgan fingerprint density at radius 1 is 0.439 bits per heavy atom. The molecule has 2 aromatic rings. The summed E-state index contributed by atoms with van der Waals surface area (Å²) in [6.07, 6.45) is 39.4. The third-order valence-electron chi connectivity index (χ3n) is 10.4. The molecule has 0 fully saturated rings. The number of benzene rings is 2. The fraction of sp³-hybridized carbons (Fsp3) is 0.630. The molecule has 0 bridgehead atoms. The quantitative estimate of drug-likeness (QED) is 0.0324. The van der Waals surface area contributed by atoms with Crippen molar-refractivity contribution in [3.63, 3.8) is 0 Å². The number of rotatable bonds is 30. The SMILES string of the molecule is CCC#Cc1cccc(N=C(C#CCCCCCCCCCCCCCCCCCCCCCCCCCC)C(CCCC)=Nc2cccc(C#CCC)c2)c1.[Pd]. The predicted octanol–water partition coefficient (Wildman–Crippen LogP) is 17.0. The van der Waals surface area contributed by atoms with Crippen molar-refractivity contribution in [2.45, 2.75) is 220 Å². The van der Waals surface area contributed by atoms with Crippen LogP contribution in [0.2, 0.25) is 0 Å². The van der Waals surface area contributed by atoms with Gasteiger partial charge in [0.1, 0.15) is 5.71 Å². The van der Waals surface area contributed by atoms with Crippen LogP contribution in [0.5, 0.6) is 0 Å². The normalized spacial score (nSPS) is 11.2. The summed E-state index contributed by atoms with van der Waals surface area (Å²) in [7, 11) is 0. The summed E-state index contributed by atoms with van der Waals surface area (Å²) in [4.78, 5) is 10.2. The summed E-state index contributed by atoms with van der Waals surface area (Å²) in [5.41, 5.74) is 5.47. The van der Waals surface area contributed by atoms with Crippen molar-refractivity contribution >= 4 is 22.8 Å². The Kier molecular flexibility index (Phi) is 35.3. The van der Waals surface area contributed by atoms with E-state index in [9.17, 15) is 0 Å². The zero-order valence-corrected chi connectivity index (χ0v) is 38.6. The molecule has 0 amide bonds. The first-order valence-electron chi connectivity index (χ1n) is 23.5. The molecule has 0 atom stereocenters. The number of hydrogen-bond donors (Lipinski definition) is 0. The maximum atomic E-state index is 5.14. The minimum Gasteiger partial charge on any atom is -0.250 e. The second-order valence-electron chi connectivity index (χ2n) is 15.7. The Morgan fingerprint density at radius 2 is 0.825 bits per heavy atom. The molecule has 0 radical (unpaired) electrons. The van der Waals surface area contributed by atoms with E-state index in [-0.39, 0.29) is 20.4 Å². The van der Waals surface area contributed by atoms with Gasteiger partial charge in [-0.05, 0) is 61.6 Å². The minimum atomic E-state index is 0. The molecular weight excluding hydrogens is 783 g/mol. The summed E-state index contributed by atoms with van der Waals surface area (Å²) in [6, 6.07) is 16.4. The van der Waals surface area contributed by atoms with Crippen molar-refractivity contribution in [3.05, 3.63) is 59.7 Å². The van der Waals surface area contributed by atoms with E-state index in [0.717, 1.165) is 78.9 Å². The van der Waals surface area contributed by atoms with Crippen molar-refractivity contribution in [2.24, 2.45) is 9.98 Å². The van der Waals surface area contributed by atoms with Gasteiger partial charge in [-0.3, -0.25) is 4.99 Å². The van der Waals surface area contributed by atoms with Gasteiger partial charge in [-0.25, -0.2) is 4.99 Å². The molecule has 3 heteroatoms. The zero-order valence-electron chi connectivity index (χ0n) is 37.0. The van der Waals surface area contributed by atoms with Gasteiger partial charge in [0.05, 0.1) is 17.1 Å². The molecule has 0 N–H and O–H groups in total. The van der Waals surface area contributed by atoms with E-state index in [0.29, 0.717) is 0 Å². The second-order valence-corrected chi connectivity index (χ2v) is 15.7. The Labute approximate surface area is 366 Å². The van der Waals surface area contributed by atoms with Crippen LogP contribution < -0.4 is 0 Å². The smallest absolute Gasteiger partial charge is 0.135 e. The van der Waals surface area contributed by atoms with E-state index in [1.165, 1.54) is 148 Å². The summed E-state index contributed by atoms with van der Waals surface area (Å²) < 4.78 is 0. The fourth-order valence-corrected chi connectivity index (χ4v) is 7.03. The van der Waals surface area contributed by atoms with Gasteiger partial charge in [0.25, 0.3) is 0 Å². The monoisotopic (exact) mass is 863 g/mol. The van der Waals surface area contributed by atoms with E-state index in [1.807, 2.05) is 30.3 Å². The zero-order chi connectivity index (χ0) is 40.0. The molecule has 2 rings (SSSR count). The van der Waals surface area contributed by atoms with Gasteiger partial charge >= 0.3 is 0 Å². The molecular formula is C54H80N2Pd. The van der Waals surface area contributed by atoms with Gasteiger partial charge in [-0.2, -0.15) is 0 Å². The van der Waals surface area contributed by atoms with Crippen LogP contribution in [0.3, 0.4) is 0 Å². The van der Waals surface area contributed by atoms with Gasteiger partial charge in [0, 0.05) is 50.8 Å². The maximum absolute atomic E-state index is 5.14. The third-order valence-corrected chi connectivity index (χ3v) is 10.4. The summed E-state index contributed by atoms with van der Waals surface area (Å²) >= 11 is 0. The van der Waals surface area contributed by atoms with Crippen molar-refractivity contribution < 1.29 is 20.4 Å². The molecule has 0 aliphatic rings. The van der Waals surface area contributed by atoms with Crippen molar-refractivity contribution in [1.82, 2.24) is 0 Å². The first-order valence-corrected chi connectivity index (χ1v) is 23.5. The van der Waals surface area contributed by atoms with Crippen molar-refractivity contribution in [3.8, 4) is 35.5 Å². The van der Waals surface area contributed by atoms with E-state index >= 15 is 0 Å². The molecule has 2 nitrogen and oxygen atoms in total. The topological polar surface area (TPSA) is 24.7 Å². The Morgan fingerprint density at radius 3 is 1.23 bits per heavy atom. The van der Waals surface area contributed by atoms with Gasteiger partial charge in [0.2, 0.25) is 0 Å². The van der Waals surface area contributed by atoms with E-state index < -0.39 is 0 Å². The summed E-state index contributed by atoms with van der Waals surface area (Å²) in [5, 5.41) is 0. The standard InChI is InChI=1S/C54H80N2.Pd/c1-5-9-13-14-15-16-17-18-19-20-21-22-23-24-25-26-27-28-29-30-31-32-33-34-35-36-46-54(56-52-44-38-42-50(48-52)40-11-7-3)53(45-12-8-4)55-51-43-37-41-49(47-51)39-10-6-2;/h37-38,41-44,47-48H,5-9,12-35,45H2,1-4H3;. The number of nitrogens with zero attached hydrogens (tertiary/aromatic N) is 2. The molecule has 0 unspecified atom stereocenters. The van der Waals surface area contributed by atoms with Gasteiger partial charge < -0.3 is 0 Å². The Hall–Kier alpha value is -2.88. The average molecular weight is 864 g/mol. The first-order chi connectivity index (χ1) is 27.7. The van der Waals surface area contributed by atoms with Crippen LogP contribution in [0.25, 0.3) is 0 Å². The van der Waals surface area contributed by atoms with Gasteiger partial charge in [-0.15, -0.1) is 0 Å². The molecule has 0 heterocycles. The van der Waals surface area contributed by atoms with Gasteiger partial charge in [0.15, 0.2) is 0 Å². The van der Waals surface area contributed by atoms with Crippen molar-refractivity contribution in [1.29, 1.82) is 0 Å². The molecule has 57 heavy (non-hydrogen) atoms. The molecule has 0 aliphatic heterocycles. The molecule has 0 spiro atoms. The maximum Gasteiger partial charge on any atom is 0.135 e. The van der Waals surface area contributed by atoms with Crippen LogP contribution >= 0.6 is 0 Å². The van der Waals surface area contributed by atoms with E-state index in [1.54, 1.807) is 0 Å². The Balaban J connectivity index is 0.0000162. The fourth-order valence-electron chi connectivity index (χ4n) is 7.03. The van der Waals surface area contributed by atoms with Crippen LogP contribution in [-0.2, 0) is 20.4 Å². The van der Waals surface area contributed by atoms with Gasteiger partial charge in [-0.1, -0.05) is 224 Å². The minimum absolute atomic E-state index is 0. The summed E-state index contributed by atoms with van der Waals surface area (Å²) in [5.74, 6) is 19.8. The molecule has 0 saturated carbocycles. The third kappa shape index (κ3) is 29.1. The molecule has 2 aromatic carbocycles. The van der Waals surface area contributed by atoms with Crippen LogP contribution in [0.4, 0.5) is 11.4 Å². The van der Waals surface area contributed by atoms with E-state index in [4.69, 9.17) is 9.98 Å². The average Bonchev–Trinajstić information content (AvgIpc) is 3.22. The predicted molar refractivity (Wildman–Crippen MR) is 250 cm³/mol. The number of unbranched alkanes of at least 4 members (excludes halogenated alkanes) is 25. The number of aliphatic imine (C=N–C) groups is 2. The molecule has 0 aromatic heterocycles. The van der Waals surface area contributed by atoms with Crippen LogP contribution in [0, 0.1) is 35.5 Å². The van der Waals surface area contributed by atoms with Crippen LogP contribution in [-0.4, -0.2) is 11.4 Å². The molecule has 0 aliphatic carbocycles. The summed E-state index contributed by atoms with van der Waals surface area (Å²) in [6.45, 7) is 8.67. The van der Waals surface area contributed by atoms with Crippen LogP contribution in [0.1, 0.15) is 231 Å². The largest absolute Gasteiger partial charge is 0.250 e. The van der Waals surface area contributed by atoms with Crippen molar-refractivity contribution in [2.75, 3.05) is 0 Å². The number of hydrogen-bond acceptors (Lipinski definition) is 2. The molecule has 316 valence electrons. The van der Waals surface area contributed by atoms with E-state index in [2.05, 4.69) is 81.4 Å². The second kappa shape index (κ2) is 38.6.